The molecule has 1 aliphatic heterocycles. The summed E-state index contributed by atoms with van der Waals surface area (Å²) in [6, 6.07) is 1.08. The van der Waals surface area contributed by atoms with Crippen LogP contribution in [0.3, 0.4) is 0 Å². The molecule has 1 aromatic rings. The number of hydrogen-bond acceptors (Lipinski definition) is 3. The highest BCUT2D eigenvalue weighted by molar-refractivity contribution is 9.10. The SMILES string of the molecule is NC1CC(=O)N(c2cc(F)cnc2Br)C1. The first kappa shape index (κ1) is 10.5. The quantitative estimate of drug-likeness (QED) is 0.779. The molecule has 0 bridgehead atoms. The number of rotatable bonds is 1. The van der Waals surface area contributed by atoms with E-state index in [-0.39, 0.29) is 11.9 Å². The maximum Gasteiger partial charge on any atom is 0.228 e. The van der Waals surface area contributed by atoms with Crippen LogP contribution >= 0.6 is 15.9 Å². The second-order valence-corrected chi connectivity index (χ2v) is 4.18. The second kappa shape index (κ2) is 3.86. The predicted molar refractivity (Wildman–Crippen MR) is 56.8 cm³/mol. The lowest BCUT2D eigenvalue weighted by Gasteiger charge is -2.16. The third-order valence-corrected chi connectivity index (χ3v) is 2.84. The van der Waals surface area contributed by atoms with Gasteiger partial charge in [-0.2, -0.15) is 0 Å². The molecule has 2 heterocycles. The maximum absolute atomic E-state index is 13.0. The van der Waals surface area contributed by atoms with Gasteiger partial charge in [-0.05, 0) is 15.9 Å². The molecule has 15 heavy (non-hydrogen) atoms. The van der Waals surface area contributed by atoms with Crippen LogP contribution in [0.1, 0.15) is 6.42 Å². The number of amides is 1. The van der Waals surface area contributed by atoms with Gasteiger partial charge in [0.2, 0.25) is 5.91 Å². The van der Waals surface area contributed by atoms with E-state index in [2.05, 4.69) is 20.9 Å². The lowest BCUT2D eigenvalue weighted by Crippen LogP contribution is -2.28. The van der Waals surface area contributed by atoms with E-state index in [1.807, 2.05) is 0 Å². The summed E-state index contributed by atoms with van der Waals surface area (Å²) in [7, 11) is 0. The summed E-state index contributed by atoms with van der Waals surface area (Å²) in [5.74, 6) is -0.572. The number of aromatic nitrogens is 1. The van der Waals surface area contributed by atoms with E-state index in [4.69, 9.17) is 5.73 Å². The van der Waals surface area contributed by atoms with E-state index in [1.165, 1.54) is 11.0 Å². The van der Waals surface area contributed by atoms with E-state index in [0.29, 0.717) is 23.3 Å². The molecule has 0 aromatic carbocycles. The highest BCUT2D eigenvalue weighted by Gasteiger charge is 2.29. The largest absolute Gasteiger partial charge is 0.326 e. The van der Waals surface area contributed by atoms with Crippen LogP contribution in [0.4, 0.5) is 10.1 Å². The number of nitrogens with two attached hydrogens (primary N) is 1. The van der Waals surface area contributed by atoms with Crippen LogP contribution < -0.4 is 10.6 Å². The average Bonchev–Trinajstić information content (AvgIpc) is 2.50. The standard InChI is InChI=1S/C9H9BrFN3O/c10-9-7(1-5(11)3-13-9)14-4-6(12)2-8(14)15/h1,3,6H,2,4,12H2. The first-order valence-electron chi connectivity index (χ1n) is 4.45. The van der Waals surface area contributed by atoms with E-state index < -0.39 is 5.82 Å². The highest BCUT2D eigenvalue weighted by Crippen LogP contribution is 2.28. The van der Waals surface area contributed by atoms with Crippen molar-refractivity contribution < 1.29 is 9.18 Å². The Morgan fingerprint density at radius 1 is 1.67 bits per heavy atom. The molecular formula is C9H9BrFN3O. The summed E-state index contributed by atoms with van der Waals surface area (Å²) in [6.07, 6.45) is 1.39. The van der Waals surface area contributed by atoms with Crippen molar-refractivity contribution in [1.82, 2.24) is 4.98 Å². The van der Waals surface area contributed by atoms with Crippen LogP contribution in [0.25, 0.3) is 0 Å². The average molecular weight is 274 g/mol. The molecule has 0 saturated carbocycles. The molecule has 6 heteroatoms. The Kier molecular flexibility index (Phi) is 2.70. The fourth-order valence-electron chi connectivity index (χ4n) is 1.57. The van der Waals surface area contributed by atoms with E-state index in [9.17, 15) is 9.18 Å². The monoisotopic (exact) mass is 273 g/mol. The van der Waals surface area contributed by atoms with Gasteiger partial charge in [0.15, 0.2) is 0 Å². The van der Waals surface area contributed by atoms with Gasteiger partial charge in [0, 0.05) is 25.1 Å². The summed E-state index contributed by atoms with van der Waals surface area (Å²) >= 11 is 3.18. The van der Waals surface area contributed by atoms with Gasteiger partial charge in [-0.3, -0.25) is 4.79 Å². The van der Waals surface area contributed by atoms with Crippen molar-refractivity contribution >= 4 is 27.5 Å². The number of anilines is 1. The van der Waals surface area contributed by atoms with Gasteiger partial charge < -0.3 is 10.6 Å². The van der Waals surface area contributed by atoms with Crippen LogP contribution in [0.2, 0.25) is 0 Å². The molecule has 4 nitrogen and oxygen atoms in total. The zero-order chi connectivity index (χ0) is 11.0. The molecule has 1 unspecified atom stereocenters. The van der Waals surface area contributed by atoms with Gasteiger partial charge in [-0.1, -0.05) is 0 Å². The Balaban J connectivity index is 2.37. The zero-order valence-corrected chi connectivity index (χ0v) is 9.37. The van der Waals surface area contributed by atoms with Crippen molar-refractivity contribution in [2.24, 2.45) is 5.73 Å². The van der Waals surface area contributed by atoms with E-state index >= 15 is 0 Å². The molecule has 1 saturated heterocycles. The minimum absolute atomic E-state index is 0.101. The van der Waals surface area contributed by atoms with Gasteiger partial charge >= 0.3 is 0 Å². The van der Waals surface area contributed by atoms with Crippen LogP contribution in [-0.4, -0.2) is 23.5 Å². The van der Waals surface area contributed by atoms with Crippen LogP contribution in [0.15, 0.2) is 16.9 Å². The topological polar surface area (TPSA) is 59.2 Å². The summed E-state index contributed by atoms with van der Waals surface area (Å²) in [4.78, 5) is 16.8. The molecule has 2 N–H and O–H groups in total. The Morgan fingerprint density at radius 3 is 3.00 bits per heavy atom. The molecule has 0 aliphatic carbocycles. The predicted octanol–water partition coefficient (Wildman–Crippen LogP) is 1.05. The number of carbonyl (C=O) groups excluding carboxylic acids is 1. The molecule has 1 fully saturated rings. The maximum atomic E-state index is 13.0. The smallest absolute Gasteiger partial charge is 0.228 e. The first-order chi connectivity index (χ1) is 7.08. The lowest BCUT2D eigenvalue weighted by molar-refractivity contribution is -0.117. The van der Waals surface area contributed by atoms with Crippen LogP contribution in [0, 0.1) is 5.82 Å². The number of carbonyl (C=O) groups is 1. The highest BCUT2D eigenvalue weighted by atomic mass is 79.9. The van der Waals surface area contributed by atoms with Gasteiger partial charge in [0.1, 0.15) is 10.4 Å². The van der Waals surface area contributed by atoms with Crippen molar-refractivity contribution in [3.63, 3.8) is 0 Å². The summed E-state index contributed by atoms with van der Waals surface area (Å²) in [5.41, 5.74) is 6.09. The van der Waals surface area contributed by atoms with E-state index in [1.54, 1.807) is 0 Å². The Hall–Kier alpha value is -1.01. The number of pyridine rings is 1. The number of nitrogens with zero attached hydrogens (tertiary/aromatic N) is 2. The second-order valence-electron chi connectivity index (χ2n) is 3.43. The Labute approximate surface area is 94.4 Å². The van der Waals surface area contributed by atoms with Crippen molar-refractivity contribution in [3.8, 4) is 0 Å². The molecular weight excluding hydrogens is 265 g/mol. The van der Waals surface area contributed by atoms with Gasteiger partial charge in [-0.15, -0.1) is 0 Å². The fourth-order valence-corrected chi connectivity index (χ4v) is 2.00. The van der Waals surface area contributed by atoms with Gasteiger partial charge in [0.25, 0.3) is 0 Å². The zero-order valence-electron chi connectivity index (χ0n) is 7.78. The number of halogens is 2. The molecule has 1 aromatic heterocycles. The third kappa shape index (κ3) is 2.00. The molecule has 0 radical (unpaired) electrons. The Bertz CT molecular complexity index is 412. The van der Waals surface area contributed by atoms with Crippen LogP contribution in [0.5, 0.6) is 0 Å². The lowest BCUT2D eigenvalue weighted by atomic mass is 10.3. The van der Waals surface area contributed by atoms with Crippen molar-refractivity contribution in [1.29, 1.82) is 0 Å². The van der Waals surface area contributed by atoms with Crippen molar-refractivity contribution in [3.05, 3.63) is 22.7 Å². The molecule has 1 amide bonds. The fraction of sp³-hybridized carbons (Fsp3) is 0.333. The van der Waals surface area contributed by atoms with E-state index in [0.717, 1.165) is 6.20 Å². The van der Waals surface area contributed by atoms with Gasteiger partial charge in [-0.25, -0.2) is 9.37 Å². The minimum Gasteiger partial charge on any atom is -0.326 e. The molecule has 2 rings (SSSR count). The first-order valence-corrected chi connectivity index (χ1v) is 5.24. The Morgan fingerprint density at radius 2 is 2.40 bits per heavy atom. The summed E-state index contributed by atoms with van der Waals surface area (Å²) in [5, 5.41) is 0. The van der Waals surface area contributed by atoms with Crippen molar-refractivity contribution in [2.75, 3.05) is 11.4 Å². The third-order valence-electron chi connectivity index (χ3n) is 2.23. The van der Waals surface area contributed by atoms with Gasteiger partial charge in [0.05, 0.1) is 11.9 Å². The summed E-state index contributed by atoms with van der Waals surface area (Å²) in [6.45, 7) is 0.405. The molecule has 80 valence electrons. The number of hydrogen-bond donors (Lipinski definition) is 1. The summed E-state index contributed by atoms with van der Waals surface area (Å²) < 4.78 is 13.4. The minimum atomic E-state index is -0.471. The normalized spacial score (nSPS) is 21.1. The molecule has 1 aliphatic rings. The van der Waals surface area contributed by atoms with Crippen molar-refractivity contribution in [2.45, 2.75) is 12.5 Å². The molecule has 0 spiro atoms. The molecule has 1 atom stereocenters. The van der Waals surface area contributed by atoms with Crippen LogP contribution in [-0.2, 0) is 4.79 Å².